The molecule has 0 aliphatic carbocycles. The van der Waals surface area contributed by atoms with Gasteiger partial charge in [0.15, 0.2) is 11.5 Å². The first kappa shape index (κ1) is 16.3. The average molecular weight is 282 g/mol. The molecule has 20 heavy (non-hydrogen) atoms. The van der Waals surface area contributed by atoms with E-state index in [-0.39, 0.29) is 5.91 Å². The molecule has 1 amide bonds. The number of hydrogen-bond donors (Lipinski definition) is 1. The second-order valence-electron chi connectivity index (χ2n) is 4.31. The van der Waals surface area contributed by atoms with Crippen LogP contribution in [0.3, 0.4) is 0 Å². The fourth-order valence-corrected chi connectivity index (χ4v) is 1.79. The predicted molar refractivity (Wildman–Crippen MR) is 77.4 cm³/mol. The van der Waals surface area contributed by atoms with E-state index in [9.17, 15) is 4.79 Å². The van der Waals surface area contributed by atoms with Crippen LogP contribution in [0.1, 0.15) is 6.92 Å². The molecule has 0 aliphatic heterocycles. The van der Waals surface area contributed by atoms with Gasteiger partial charge < -0.3 is 24.8 Å². The molecule has 6 nitrogen and oxygen atoms in total. The molecule has 1 aromatic rings. The summed E-state index contributed by atoms with van der Waals surface area (Å²) in [4.78, 5) is 13.8. The molecule has 0 aromatic heterocycles. The van der Waals surface area contributed by atoms with Crippen LogP contribution in [0, 0.1) is 0 Å². The maximum atomic E-state index is 12.2. The number of methoxy groups -OCH3 is 3. The van der Waals surface area contributed by atoms with Crippen molar-refractivity contribution in [2.45, 2.75) is 13.0 Å². The molecule has 112 valence electrons. The SMILES string of the molecule is COCCN(C(=O)[C@H](C)N)c1ccc(OC)c(OC)c1. The maximum Gasteiger partial charge on any atom is 0.243 e. The van der Waals surface area contributed by atoms with Gasteiger partial charge in [-0.3, -0.25) is 4.79 Å². The summed E-state index contributed by atoms with van der Waals surface area (Å²) in [5.74, 6) is 0.996. The number of ether oxygens (including phenoxy) is 3. The standard InChI is InChI=1S/C14H22N2O4/c1-10(15)14(17)16(7-8-18-2)11-5-6-12(19-3)13(9-11)20-4/h5-6,9-10H,7-8,15H2,1-4H3/t10-/m0/s1. The summed E-state index contributed by atoms with van der Waals surface area (Å²) >= 11 is 0. The van der Waals surface area contributed by atoms with Crippen LogP contribution in [0.15, 0.2) is 18.2 Å². The van der Waals surface area contributed by atoms with Crippen molar-refractivity contribution in [3.63, 3.8) is 0 Å². The molecule has 1 atom stereocenters. The number of hydrogen-bond acceptors (Lipinski definition) is 5. The first-order valence-corrected chi connectivity index (χ1v) is 6.33. The van der Waals surface area contributed by atoms with Gasteiger partial charge in [0.1, 0.15) is 0 Å². The third-order valence-electron chi connectivity index (χ3n) is 2.85. The minimum Gasteiger partial charge on any atom is -0.493 e. The normalized spacial score (nSPS) is 11.8. The largest absolute Gasteiger partial charge is 0.493 e. The Labute approximate surface area is 119 Å². The van der Waals surface area contributed by atoms with Crippen molar-refractivity contribution in [1.29, 1.82) is 0 Å². The number of benzene rings is 1. The van der Waals surface area contributed by atoms with Crippen molar-refractivity contribution in [1.82, 2.24) is 0 Å². The van der Waals surface area contributed by atoms with Crippen LogP contribution < -0.4 is 20.1 Å². The highest BCUT2D eigenvalue weighted by molar-refractivity contribution is 5.97. The summed E-state index contributed by atoms with van der Waals surface area (Å²) in [5.41, 5.74) is 6.38. The van der Waals surface area contributed by atoms with E-state index in [1.54, 1.807) is 51.4 Å². The van der Waals surface area contributed by atoms with Gasteiger partial charge in [-0.2, -0.15) is 0 Å². The van der Waals surface area contributed by atoms with Crippen LogP contribution in [-0.4, -0.2) is 46.4 Å². The molecular formula is C14H22N2O4. The Hall–Kier alpha value is -1.79. The molecule has 1 rings (SSSR count). The molecule has 0 bridgehead atoms. The summed E-state index contributed by atoms with van der Waals surface area (Å²) in [6.45, 7) is 2.50. The van der Waals surface area contributed by atoms with Gasteiger partial charge in [-0.25, -0.2) is 0 Å². The van der Waals surface area contributed by atoms with E-state index in [2.05, 4.69) is 0 Å². The Kier molecular flexibility index (Phi) is 6.27. The summed E-state index contributed by atoms with van der Waals surface area (Å²) in [7, 11) is 4.70. The Balaban J connectivity index is 3.09. The smallest absolute Gasteiger partial charge is 0.243 e. The van der Waals surface area contributed by atoms with E-state index < -0.39 is 6.04 Å². The van der Waals surface area contributed by atoms with Crippen molar-refractivity contribution < 1.29 is 19.0 Å². The lowest BCUT2D eigenvalue weighted by Gasteiger charge is -2.25. The quantitative estimate of drug-likeness (QED) is 0.808. The lowest BCUT2D eigenvalue weighted by Crippen LogP contribution is -2.43. The monoisotopic (exact) mass is 282 g/mol. The molecule has 2 N–H and O–H groups in total. The molecule has 0 saturated carbocycles. The van der Waals surface area contributed by atoms with E-state index in [0.717, 1.165) is 0 Å². The van der Waals surface area contributed by atoms with Gasteiger partial charge in [-0.15, -0.1) is 0 Å². The van der Waals surface area contributed by atoms with E-state index in [1.165, 1.54) is 0 Å². The molecule has 0 fully saturated rings. The Bertz CT molecular complexity index is 449. The fourth-order valence-electron chi connectivity index (χ4n) is 1.79. The summed E-state index contributed by atoms with van der Waals surface area (Å²) in [6, 6.07) is 4.70. The molecule has 0 radical (unpaired) electrons. The third kappa shape index (κ3) is 3.85. The number of amides is 1. The third-order valence-corrected chi connectivity index (χ3v) is 2.85. The highest BCUT2D eigenvalue weighted by atomic mass is 16.5. The maximum absolute atomic E-state index is 12.2. The van der Waals surface area contributed by atoms with Crippen LogP contribution in [0.2, 0.25) is 0 Å². The van der Waals surface area contributed by atoms with Crippen molar-refractivity contribution >= 4 is 11.6 Å². The number of nitrogens with zero attached hydrogens (tertiary/aromatic N) is 1. The lowest BCUT2D eigenvalue weighted by atomic mass is 10.2. The van der Waals surface area contributed by atoms with Gasteiger partial charge in [0.2, 0.25) is 5.91 Å². The first-order chi connectivity index (χ1) is 9.54. The van der Waals surface area contributed by atoms with Crippen LogP contribution in [0.5, 0.6) is 11.5 Å². The van der Waals surface area contributed by atoms with Gasteiger partial charge in [-0.1, -0.05) is 0 Å². The molecule has 6 heteroatoms. The second-order valence-corrected chi connectivity index (χ2v) is 4.31. The zero-order valence-corrected chi connectivity index (χ0v) is 12.4. The van der Waals surface area contributed by atoms with Gasteiger partial charge in [0.25, 0.3) is 0 Å². The first-order valence-electron chi connectivity index (χ1n) is 6.33. The Morgan fingerprint density at radius 3 is 2.40 bits per heavy atom. The number of carbonyl (C=O) groups excluding carboxylic acids is 1. The minimum absolute atomic E-state index is 0.172. The van der Waals surface area contributed by atoms with E-state index in [1.807, 2.05) is 0 Å². The van der Waals surface area contributed by atoms with Gasteiger partial charge >= 0.3 is 0 Å². The van der Waals surface area contributed by atoms with Gasteiger partial charge in [-0.05, 0) is 19.1 Å². The average Bonchev–Trinajstić information content (AvgIpc) is 2.46. The summed E-state index contributed by atoms with van der Waals surface area (Å²) in [5, 5.41) is 0. The Morgan fingerprint density at radius 2 is 1.90 bits per heavy atom. The molecule has 0 heterocycles. The summed E-state index contributed by atoms with van der Waals surface area (Å²) in [6.07, 6.45) is 0. The van der Waals surface area contributed by atoms with Crippen molar-refractivity contribution in [3.8, 4) is 11.5 Å². The number of anilines is 1. The number of nitrogens with two attached hydrogens (primary N) is 1. The highest BCUT2D eigenvalue weighted by Gasteiger charge is 2.20. The van der Waals surface area contributed by atoms with Crippen LogP contribution in [0.25, 0.3) is 0 Å². The van der Waals surface area contributed by atoms with E-state index in [0.29, 0.717) is 30.3 Å². The fraction of sp³-hybridized carbons (Fsp3) is 0.500. The van der Waals surface area contributed by atoms with E-state index in [4.69, 9.17) is 19.9 Å². The number of carbonyl (C=O) groups is 1. The van der Waals surface area contributed by atoms with Crippen LogP contribution in [-0.2, 0) is 9.53 Å². The topological polar surface area (TPSA) is 74.0 Å². The predicted octanol–water partition coefficient (Wildman–Crippen LogP) is 1.03. The second kappa shape index (κ2) is 7.72. The van der Waals surface area contributed by atoms with Crippen LogP contribution in [0.4, 0.5) is 5.69 Å². The highest BCUT2D eigenvalue weighted by Crippen LogP contribution is 2.31. The van der Waals surface area contributed by atoms with Gasteiger partial charge in [0.05, 0.1) is 26.9 Å². The van der Waals surface area contributed by atoms with Crippen molar-refractivity contribution in [3.05, 3.63) is 18.2 Å². The van der Waals surface area contributed by atoms with E-state index >= 15 is 0 Å². The number of rotatable bonds is 7. The molecule has 0 spiro atoms. The van der Waals surface area contributed by atoms with Gasteiger partial charge in [0, 0.05) is 25.4 Å². The van der Waals surface area contributed by atoms with Crippen molar-refractivity contribution in [2.24, 2.45) is 5.73 Å². The molecule has 1 aromatic carbocycles. The minimum atomic E-state index is -0.583. The van der Waals surface area contributed by atoms with Crippen molar-refractivity contribution in [2.75, 3.05) is 39.4 Å². The zero-order chi connectivity index (χ0) is 15.1. The summed E-state index contributed by atoms with van der Waals surface area (Å²) < 4.78 is 15.5. The molecule has 0 saturated heterocycles. The molecule has 0 aliphatic rings. The molecule has 0 unspecified atom stereocenters. The lowest BCUT2D eigenvalue weighted by molar-refractivity contribution is -0.119. The van der Waals surface area contributed by atoms with Crippen LogP contribution >= 0.6 is 0 Å². The molecular weight excluding hydrogens is 260 g/mol. The zero-order valence-electron chi connectivity index (χ0n) is 12.4. The Morgan fingerprint density at radius 1 is 1.25 bits per heavy atom.